The Kier molecular flexibility index (Phi) is 14.4. The molecule has 2 aromatic carbocycles. The Hall–Kier alpha value is -6.08. The first-order valence-electron chi connectivity index (χ1n) is 19.9. The van der Waals surface area contributed by atoms with Gasteiger partial charge >= 0.3 is 0 Å². The van der Waals surface area contributed by atoms with Crippen molar-refractivity contribution in [1.82, 2.24) is 19.8 Å². The van der Waals surface area contributed by atoms with E-state index in [2.05, 4.69) is 43.7 Å². The maximum atomic E-state index is 14.6. The Morgan fingerprint density at radius 3 is 1.63 bits per heavy atom. The number of hydrogen-bond acceptors (Lipinski definition) is 10. The number of aliphatic hydroxyl groups is 2. The van der Waals surface area contributed by atoms with Crippen LogP contribution in [0.2, 0.25) is 0 Å². The predicted octanol–water partition coefficient (Wildman–Crippen LogP) is 3.27. The minimum atomic E-state index is -1.74. The molecule has 0 spiro atoms. The Bertz CT molecular complexity index is 2550. The fourth-order valence-electron chi connectivity index (χ4n) is 7.08. The molecule has 6 N–H and O–H groups in total. The number of amides is 4. The fourth-order valence-corrected chi connectivity index (χ4v) is 7.45. The van der Waals surface area contributed by atoms with Gasteiger partial charge in [0.2, 0.25) is 11.2 Å². The molecule has 2 atom stereocenters. The van der Waals surface area contributed by atoms with Crippen molar-refractivity contribution in [2.45, 2.75) is 36.9 Å². The van der Waals surface area contributed by atoms with Crippen molar-refractivity contribution < 1.29 is 47.6 Å². The van der Waals surface area contributed by atoms with Gasteiger partial charge in [-0.3, -0.25) is 19.2 Å². The van der Waals surface area contributed by atoms with Gasteiger partial charge in [0.25, 0.3) is 23.6 Å². The average Bonchev–Trinajstić information content (AvgIpc) is 3.65. The van der Waals surface area contributed by atoms with Crippen LogP contribution in [0.1, 0.15) is 50.5 Å². The SMILES string of the molecule is C#C[C@]1(O)CCN(C)C1=O.CN1CC[C@@](O)(C#Cc2ccc(F)c(-c3ccc(CC4COC4)c(C(N)=O)n3)c2)C1=O.NC(=O)c1nc(-c2cc(Br)ccc2F)ccc1CC1COC1. The number of likely N-dealkylation sites (tertiary alicyclic amines) is 2. The molecule has 0 radical (unpaired) electrons. The summed E-state index contributed by atoms with van der Waals surface area (Å²) in [6.07, 6.45) is 6.83. The maximum Gasteiger partial charge on any atom is 0.267 e. The van der Waals surface area contributed by atoms with E-state index < -0.39 is 40.6 Å². The van der Waals surface area contributed by atoms with Gasteiger partial charge in [-0.05, 0) is 72.5 Å². The van der Waals surface area contributed by atoms with Crippen molar-refractivity contribution >= 4 is 39.6 Å². The van der Waals surface area contributed by atoms with E-state index in [4.69, 9.17) is 27.4 Å². The monoisotopic (exact) mass is 926 g/mol. The second-order valence-corrected chi connectivity index (χ2v) is 16.7. The molecule has 4 aliphatic heterocycles. The Balaban J connectivity index is 0.000000178. The smallest absolute Gasteiger partial charge is 0.267 e. The zero-order valence-corrected chi connectivity index (χ0v) is 36.1. The lowest BCUT2D eigenvalue weighted by Crippen LogP contribution is -2.37. The number of ether oxygens (including phenoxy) is 2. The molecule has 0 aliphatic carbocycles. The summed E-state index contributed by atoms with van der Waals surface area (Å²) in [6, 6.07) is 15.6. The molecule has 4 aromatic rings. The molecule has 63 heavy (non-hydrogen) atoms. The van der Waals surface area contributed by atoms with Crippen molar-refractivity contribution in [3.8, 4) is 46.7 Å². The van der Waals surface area contributed by atoms with Crippen LogP contribution >= 0.6 is 15.9 Å². The normalized spacial score (nSPS) is 20.5. The zero-order chi connectivity index (χ0) is 45.6. The minimum Gasteiger partial charge on any atom is -0.381 e. The molecule has 6 heterocycles. The van der Waals surface area contributed by atoms with Crippen molar-refractivity contribution in [3.05, 3.63) is 105 Å². The summed E-state index contributed by atoms with van der Waals surface area (Å²) in [5.41, 5.74) is 11.0. The highest BCUT2D eigenvalue weighted by Gasteiger charge is 2.43. The molecule has 4 fully saturated rings. The molecule has 328 valence electrons. The molecule has 2 aromatic heterocycles. The van der Waals surface area contributed by atoms with Gasteiger partial charge < -0.3 is 41.0 Å². The lowest BCUT2D eigenvalue weighted by Gasteiger charge is -2.26. The number of nitrogens with two attached hydrogens (primary N) is 2. The number of benzene rings is 2. The number of rotatable bonds is 8. The third-order valence-electron chi connectivity index (χ3n) is 11.0. The lowest BCUT2D eigenvalue weighted by molar-refractivity contribution is -0.138. The predicted molar refractivity (Wildman–Crippen MR) is 230 cm³/mol. The van der Waals surface area contributed by atoms with Gasteiger partial charge in [-0.15, -0.1) is 6.42 Å². The molecule has 17 heteroatoms. The van der Waals surface area contributed by atoms with Crippen LogP contribution in [0.4, 0.5) is 8.78 Å². The Morgan fingerprint density at radius 1 is 0.778 bits per heavy atom. The van der Waals surface area contributed by atoms with E-state index in [1.165, 1.54) is 34.1 Å². The quantitative estimate of drug-likeness (QED) is 0.190. The summed E-state index contributed by atoms with van der Waals surface area (Å²) in [4.78, 5) is 58.1. The molecule has 0 unspecified atom stereocenters. The van der Waals surface area contributed by atoms with E-state index in [9.17, 15) is 38.2 Å². The number of carbonyl (C=O) groups is 4. The number of pyridine rings is 2. The largest absolute Gasteiger partial charge is 0.381 e. The molecule has 4 aliphatic rings. The number of nitrogens with zero attached hydrogens (tertiary/aromatic N) is 4. The number of primary amides is 2. The van der Waals surface area contributed by atoms with Gasteiger partial charge in [0.1, 0.15) is 23.0 Å². The number of terminal acetylenes is 1. The van der Waals surface area contributed by atoms with Gasteiger partial charge in [-0.25, -0.2) is 18.7 Å². The third kappa shape index (κ3) is 10.8. The second-order valence-electron chi connectivity index (χ2n) is 15.7. The number of hydrogen-bond donors (Lipinski definition) is 4. The summed E-state index contributed by atoms with van der Waals surface area (Å²) in [5, 5.41) is 19.8. The molecule has 4 amide bonds. The first-order valence-corrected chi connectivity index (χ1v) is 20.7. The summed E-state index contributed by atoms with van der Waals surface area (Å²) >= 11 is 3.31. The van der Waals surface area contributed by atoms with Gasteiger partial charge in [0.15, 0.2) is 0 Å². The molecule has 4 saturated heterocycles. The van der Waals surface area contributed by atoms with Gasteiger partial charge in [0, 0.05) is 73.0 Å². The molecule has 14 nitrogen and oxygen atoms in total. The Labute approximate surface area is 371 Å². The van der Waals surface area contributed by atoms with Crippen LogP contribution in [0.15, 0.2) is 65.1 Å². The number of likely N-dealkylation sites (N-methyl/N-ethyl adjacent to an activating group) is 2. The van der Waals surface area contributed by atoms with Gasteiger partial charge in [-0.2, -0.15) is 0 Å². The van der Waals surface area contributed by atoms with Crippen LogP contribution < -0.4 is 11.5 Å². The molecule has 0 saturated carbocycles. The third-order valence-corrected chi connectivity index (χ3v) is 11.5. The second kappa shape index (κ2) is 19.5. The summed E-state index contributed by atoms with van der Waals surface area (Å²) in [7, 11) is 3.22. The van der Waals surface area contributed by atoms with E-state index in [0.717, 1.165) is 10.0 Å². The first kappa shape index (κ1) is 46.4. The first-order chi connectivity index (χ1) is 29.9. The van der Waals surface area contributed by atoms with E-state index in [-0.39, 0.29) is 35.0 Å². The van der Waals surface area contributed by atoms with Crippen LogP contribution in [0.5, 0.6) is 0 Å². The van der Waals surface area contributed by atoms with Crippen LogP contribution in [-0.2, 0) is 31.9 Å². The number of carbonyl (C=O) groups excluding carboxylic acids is 4. The highest BCUT2D eigenvalue weighted by Crippen LogP contribution is 2.29. The Morgan fingerprint density at radius 2 is 1.24 bits per heavy atom. The summed E-state index contributed by atoms with van der Waals surface area (Å²) in [6.45, 7) is 3.57. The number of aromatic nitrogens is 2. The van der Waals surface area contributed by atoms with E-state index in [0.29, 0.717) is 93.0 Å². The van der Waals surface area contributed by atoms with E-state index in [1.807, 2.05) is 0 Å². The average molecular weight is 928 g/mol. The highest BCUT2D eigenvalue weighted by molar-refractivity contribution is 9.10. The van der Waals surface area contributed by atoms with Crippen molar-refractivity contribution in [2.24, 2.45) is 23.3 Å². The van der Waals surface area contributed by atoms with Crippen LogP contribution in [0, 0.1) is 47.7 Å². The summed E-state index contributed by atoms with van der Waals surface area (Å²) in [5.74, 6) is 5.10. The molecular formula is C46H45BrF2N6O8. The van der Waals surface area contributed by atoms with Crippen LogP contribution in [0.25, 0.3) is 22.5 Å². The topological polar surface area (TPSA) is 212 Å². The minimum absolute atomic E-state index is 0.106. The van der Waals surface area contributed by atoms with E-state index in [1.54, 1.807) is 50.5 Å². The molecule has 0 bridgehead atoms. The lowest BCUT2D eigenvalue weighted by atomic mass is 9.95. The van der Waals surface area contributed by atoms with Crippen molar-refractivity contribution in [2.75, 3.05) is 53.6 Å². The van der Waals surface area contributed by atoms with Crippen molar-refractivity contribution in [1.29, 1.82) is 0 Å². The maximum absolute atomic E-state index is 14.6. The van der Waals surface area contributed by atoms with Gasteiger partial charge in [0.05, 0.1) is 37.8 Å². The standard InChI is InChI=1S/C23H22FN3O4.C16H14BrFN2O2.C7H9NO2/c1-27-9-8-23(30,22(27)29)7-6-14-2-4-18(24)17(11-14)19-5-3-16(10-15-12-31-13-15)20(26-19)21(25)28;17-11-2-3-13(18)12(6-11)14-4-1-10(5-9-7-22-8-9)15(20-14)16(19)21;1-3-7(10)4-5-8(2)6(7)9/h2-5,11,15,30H,8-10,12-13H2,1H3,(H2,25,28);1-4,6,9H,5,7-8H2,(H2,19,21);1,10H,4-5H2,2H3/t23-;;7-/m0.0/s1. The van der Waals surface area contributed by atoms with Crippen molar-refractivity contribution in [3.63, 3.8) is 0 Å². The van der Waals surface area contributed by atoms with Crippen LogP contribution in [-0.4, -0.2) is 118 Å². The molecular weight excluding hydrogens is 882 g/mol. The number of halogens is 3. The molecule has 8 rings (SSSR count). The zero-order valence-electron chi connectivity index (χ0n) is 34.5. The van der Waals surface area contributed by atoms with E-state index >= 15 is 0 Å². The fraction of sp³-hybridized carbons (Fsp3) is 0.348. The summed E-state index contributed by atoms with van der Waals surface area (Å²) < 4.78 is 39.6. The van der Waals surface area contributed by atoms with Crippen LogP contribution in [0.3, 0.4) is 0 Å². The highest BCUT2D eigenvalue weighted by atomic mass is 79.9. The van der Waals surface area contributed by atoms with Gasteiger partial charge in [-0.1, -0.05) is 45.8 Å².